The minimum Gasteiger partial charge on any atom is -0.478 e. The van der Waals surface area contributed by atoms with Crippen LogP contribution in [0.1, 0.15) is 54.8 Å². The molecule has 0 amide bonds. The highest BCUT2D eigenvalue weighted by Gasteiger charge is 2.28. The van der Waals surface area contributed by atoms with Crippen LogP contribution in [-0.2, 0) is 0 Å². The molecule has 2 aromatic rings. The van der Waals surface area contributed by atoms with Gasteiger partial charge in [-0.1, -0.05) is 57.2 Å². The van der Waals surface area contributed by atoms with Gasteiger partial charge in [-0.05, 0) is 43.0 Å². The van der Waals surface area contributed by atoms with Gasteiger partial charge in [0.1, 0.15) is 0 Å². The van der Waals surface area contributed by atoms with Crippen molar-refractivity contribution in [1.82, 2.24) is 0 Å². The molecule has 0 aliphatic carbocycles. The van der Waals surface area contributed by atoms with E-state index in [0.717, 1.165) is 6.42 Å². The van der Waals surface area contributed by atoms with Crippen molar-refractivity contribution in [3.8, 4) is 0 Å². The van der Waals surface area contributed by atoms with Crippen LogP contribution in [-0.4, -0.2) is 44.6 Å². The normalized spacial score (nSPS) is 12.4. The maximum absolute atomic E-state index is 10.2. The second-order valence-corrected chi connectivity index (χ2v) is 6.87. The van der Waals surface area contributed by atoms with E-state index in [1.165, 1.54) is 0 Å². The number of benzene rings is 2. The Labute approximate surface area is 166 Å². The molecule has 0 saturated carbocycles. The average Bonchev–Trinajstić information content (AvgIpc) is 2.69. The first kappa shape index (κ1) is 25.3. The number of hydrogen-bond donors (Lipinski definition) is 4. The minimum absolute atomic E-state index is 0.172. The van der Waals surface area contributed by atoms with Crippen molar-refractivity contribution in [2.24, 2.45) is 5.41 Å². The Morgan fingerprint density at radius 3 is 1.29 bits per heavy atom. The van der Waals surface area contributed by atoms with Crippen molar-refractivity contribution < 1.29 is 30.0 Å². The maximum atomic E-state index is 10.2. The largest absolute Gasteiger partial charge is 0.478 e. The first-order chi connectivity index (χ1) is 13.0. The molecule has 0 heterocycles. The van der Waals surface area contributed by atoms with Gasteiger partial charge < -0.3 is 20.4 Å². The summed E-state index contributed by atoms with van der Waals surface area (Å²) in [5.74, 6) is -1.76. The summed E-state index contributed by atoms with van der Waals surface area (Å²) >= 11 is 0. The topological polar surface area (TPSA) is 115 Å². The number of carboxylic acids is 2. The molecule has 154 valence electrons. The van der Waals surface area contributed by atoms with Crippen molar-refractivity contribution in [1.29, 1.82) is 0 Å². The molecule has 0 fully saturated rings. The smallest absolute Gasteiger partial charge is 0.335 e. The Morgan fingerprint density at radius 1 is 0.821 bits per heavy atom. The van der Waals surface area contributed by atoms with Gasteiger partial charge >= 0.3 is 11.9 Å². The van der Waals surface area contributed by atoms with E-state index in [-0.39, 0.29) is 5.41 Å². The molecule has 2 aromatic carbocycles. The third-order valence-corrected chi connectivity index (χ3v) is 4.21. The van der Waals surface area contributed by atoms with Gasteiger partial charge in [-0.15, -0.1) is 0 Å². The first-order valence-electron chi connectivity index (χ1n) is 8.95. The molecule has 2 atom stereocenters. The Kier molecular flexibility index (Phi) is 11.4. The molecule has 4 N–H and O–H groups in total. The molecule has 6 nitrogen and oxygen atoms in total. The molecule has 28 heavy (non-hydrogen) atoms. The molecular weight excluding hydrogens is 360 g/mol. The van der Waals surface area contributed by atoms with Gasteiger partial charge in [0.15, 0.2) is 0 Å². The molecular formula is C22H30O6. The Balaban J connectivity index is 0.000000391. The van der Waals surface area contributed by atoms with Gasteiger partial charge in [-0.2, -0.15) is 0 Å². The maximum Gasteiger partial charge on any atom is 0.335 e. The van der Waals surface area contributed by atoms with E-state index < -0.39 is 24.1 Å². The molecule has 0 aliphatic rings. The molecule has 2 rings (SSSR count). The number of rotatable bonds is 5. The number of aromatic carboxylic acids is 2. The SMILES string of the molecule is CCC(C)(C)C(O)C(C)O.O=C(O)c1ccccc1.O=C(O)c1ccccc1. The van der Waals surface area contributed by atoms with Gasteiger partial charge in [-0.25, -0.2) is 9.59 Å². The number of carboxylic acid groups (broad SMARTS) is 2. The van der Waals surface area contributed by atoms with E-state index in [1.807, 2.05) is 20.8 Å². The molecule has 0 radical (unpaired) electrons. The second-order valence-electron chi connectivity index (χ2n) is 6.87. The predicted octanol–water partition coefficient (Wildman–Crippen LogP) is 3.93. The van der Waals surface area contributed by atoms with E-state index in [2.05, 4.69) is 0 Å². The summed E-state index contributed by atoms with van der Waals surface area (Å²) < 4.78 is 0. The molecule has 6 heteroatoms. The molecule has 0 aromatic heterocycles. The van der Waals surface area contributed by atoms with Gasteiger partial charge in [0.2, 0.25) is 0 Å². The van der Waals surface area contributed by atoms with Crippen molar-refractivity contribution >= 4 is 11.9 Å². The average molecular weight is 390 g/mol. The van der Waals surface area contributed by atoms with Crippen LogP contribution in [0.5, 0.6) is 0 Å². The van der Waals surface area contributed by atoms with E-state index >= 15 is 0 Å². The van der Waals surface area contributed by atoms with Crippen LogP contribution >= 0.6 is 0 Å². The summed E-state index contributed by atoms with van der Waals surface area (Å²) in [6.07, 6.45) is -0.369. The van der Waals surface area contributed by atoms with Gasteiger partial charge in [0.25, 0.3) is 0 Å². The highest BCUT2D eigenvalue weighted by atomic mass is 16.4. The van der Waals surface area contributed by atoms with E-state index in [1.54, 1.807) is 67.6 Å². The standard InChI is InChI=1S/C8H18O2.2C7H6O2/c1-5-8(3,4)7(10)6(2)9;2*8-7(9)6-4-2-1-3-5-6/h6-7,9-10H,5H2,1-4H3;2*1-5H,(H,8,9). The van der Waals surface area contributed by atoms with Crippen LogP contribution in [0.2, 0.25) is 0 Å². The Bertz CT molecular complexity index is 646. The summed E-state index contributed by atoms with van der Waals surface area (Å²) in [7, 11) is 0. The predicted molar refractivity (Wildman–Crippen MR) is 109 cm³/mol. The van der Waals surface area contributed by atoms with E-state index in [0.29, 0.717) is 11.1 Å². The lowest BCUT2D eigenvalue weighted by atomic mass is 9.82. The van der Waals surface area contributed by atoms with Gasteiger partial charge in [0, 0.05) is 0 Å². The summed E-state index contributed by atoms with van der Waals surface area (Å²) in [6.45, 7) is 7.52. The molecule has 0 aliphatic heterocycles. The third-order valence-electron chi connectivity index (χ3n) is 4.21. The van der Waals surface area contributed by atoms with Crippen molar-refractivity contribution in [3.63, 3.8) is 0 Å². The Hall–Kier alpha value is -2.70. The van der Waals surface area contributed by atoms with Crippen LogP contribution < -0.4 is 0 Å². The monoisotopic (exact) mass is 390 g/mol. The van der Waals surface area contributed by atoms with Crippen LogP contribution in [0.25, 0.3) is 0 Å². The zero-order valence-corrected chi connectivity index (χ0v) is 16.7. The van der Waals surface area contributed by atoms with Gasteiger partial charge in [-0.3, -0.25) is 0 Å². The highest BCUT2D eigenvalue weighted by molar-refractivity contribution is 5.87. The van der Waals surface area contributed by atoms with Crippen LogP contribution in [0.3, 0.4) is 0 Å². The van der Waals surface area contributed by atoms with Crippen LogP contribution in [0, 0.1) is 5.41 Å². The quantitative estimate of drug-likeness (QED) is 0.615. The van der Waals surface area contributed by atoms with Crippen molar-refractivity contribution in [2.45, 2.75) is 46.3 Å². The minimum atomic E-state index is -0.879. The lowest BCUT2D eigenvalue weighted by molar-refractivity contribution is -0.0441. The van der Waals surface area contributed by atoms with Crippen molar-refractivity contribution in [3.05, 3.63) is 71.8 Å². The molecule has 0 bridgehead atoms. The number of hydrogen-bond acceptors (Lipinski definition) is 4. The first-order valence-corrected chi connectivity index (χ1v) is 8.95. The van der Waals surface area contributed by atoms with Crippen LogP contribution in [0.15, 0.2) is 60.7 Å². The summed E-state index contributed by atoms with van der Waals surface area (Å²) in [4.78, 5) is 20.4. The fourth-order valence-corrected chi connectivity index (χ4v) is 2.02. The van der Waals surface area contributed by atoms with E-state index in [9.17, 15) is 14.7 Å². The number of aliphatic hydroxyl groups is 2. The number of carbonyl (C=O) groups is 2. The lowest BCUT2D eigenvalue weighted by Gasteiger charge is -2.30. The van der Waals surface area contributed by atoms with E-state index in [4.69, 9.17) is 15.3 Å². The summed E-state index contributed by atoms with van der Waals surface area (Å²) in [5.41, 5.74) is 0.490. The summed E-state index contributed by atoms with van der Waals surface area (Å²) in [6, 6.07) is 16.6. The van der Waals surface area contributed by atoms with Gasteiger partial charge in [0.05, 0.1) is 23.3 Å². The zero-order valence-electron chi connectivity index (χ0n) is 16.7. The fourth-order valence-electron chi connectivity index (χ4n) is 2.02. The summed E-state index contributed by atoms with van der Waals surface area (Å²) in [5, 5.41) is 35.2. The molecule has 0 saturated heterocycles. The molecule has 0 spiro atoms. The lowest BCUT2D eigenvalue weighted by Crippen LogP contribution is -2.37. The Morgan fingerprint density at radius 2 is 1.14 bits per heavy atom. The second kappa shape index (κ2) is 12.6. The van der Waals surface area contributed by atoms with Crippen LogP contribution in [0.4, 0.5) is 0 Å². The highest BCUT2D eigenvalue weighted by Crippen LogP contribution is 2.26. The van der Waals surface area contributed by atoms with Crippen molar-refractivity contribution in [2.75, 3.05) is 0 Å². The number of aliphatic hydroxyl groups excluding tert-OH is 2. The third kappa shape index (κ3) is 9.85. The molecule has 2 unspecified atom stereocenters. The fraction of sp³-hybridized carbons (Fsp3) is 0.364. The zero-order chi connectivity index (χ0) is 21.7.